The molecule has 0 unspecified atom stereocenters. The van der Waals surface area contributed by atoms with Crippen LogP contribution in [0.2, 0.25) is 0 Å². The van der Waals surface area contributed by atoms with Crippen molar-refractivity contribution in [2.45, 2.75) is 20.8 Å². The fraction of sp³-hybridized carbons (Fsp3) is 0.368. The molecule has 1 amide bonds. The number of carbonyl (C=O) groups excluding carboxylic acids is 1. The maximum absolute atomic E-state index is 12.4. The van der Waals surface area contributed by atoms with E-state index in [9.17, 15) is 4.79 Å². The molecule has 0 N–H and O–H groups in total. The van der Waals surface area contributed by atoms with Gasteiger partial charge in [0.05, 0.1) is 12.0 Å². The highest BCUT2D eigenvalue weighted by Crippen LogP contribution is 2.18. The van der Waals surface area contributed by atoms with E-state index in [1.165, 1.54) is 6.26 Å². The van der Waals surface area contributed by atoms with Crippen molar-refractivity contribution in [3.63, 3.8) is 0 Å². The van der Waals surface area contributed by atoms with E-state index in [-0.39, 0.29) is 5.91 Å². The van der Waals surface area contributed by atoms with Crippen LogP contribution >= 0.6 is 0 Å². The smallest absolute Gasteiger partial charge is 0.289 e. The summed E-state index contributed by atoms with van der Waals surface area (Å²) in [4.78, 5) is 25.7. The molecule has 1 fully saturated rings. The minimum atomic E-state index is -0.0677. The Balaban J connectivity index is 1.51. The van der Waals surface area contributed by atoms with Crippen LogP contribution in [0.4, 0.5) is 5.82 Å². The molecule has 0 aromatic carbocycles. The maximum atomic E-state index is 12.4. The van der Waals surface area contributed by atoms with Gasteiger partial charge in [0, 0.05) is 43.6 Å². The van der Waals surface area contributed by atoms with Crippen molar-refractivity contribution in [2.75, 3.05) is 31.1 Å². The molecule has 0 spiro atoms. The normalized spacial score (nSPS) is 14.6. The van der Waals surface area contributed by atoms with Gasteiger partial charge in [-0.05, 0) is 39.0 Å². The average Bonchev–Trinajstić information content (AvgIpc) is 3.30. The fourth-order valence-electron chi connectivity index (χ4n) is 3.32. The number of furan rings is 1. The van der Waals surface area contributed by atoms with Gasteiger partial charge in [0.1, 0.15) is 5.82 Å². The molecular formula is C19H22N6O2. The van der Waals surface area contributed by atoms with Crippen molar-refractivity contribution >= 4 is 11.7 Å². The van der Waals surface area contributed by atoms with Gasteiger partial charge in [0.2, 0.25) is 0 Å². The van der Waals surface area contributed by atoms with E-state index in [2.05, 4.69) is 15.0 Å². The zero-order valence-corrected chi connectivity index (χ0v) is 15.7. The van der Waals surface area contributed by atoms with Gasteiger partial charge in [-0.2, -0.15) is 10.1 Å². The van der Waals surface area contributed by atoms with Crippen LogP contribution in [-0.4, -0.2) is 56.7 Å². The molecule has 1 aliphatic rings. The lowest BCUT2D eigenvalue weighted by molar-refractivity contribution is 0.0714. The number of amides is 1. The molecule has 8 nitrogen and oxygen atoms in total. The Morgan fingerprint density at radius 3 is 2.44 bits per heavy atom. The van der Waals surface area contributed by atoms with E-state index in [1.54, 1.807) is 16.8 Å². The minimum Gasteiger partial charge on any atom is -0.459 e. The van der Waals surface area contributed by atoms with Crippen molar-refractivity contribution in [3.05, 3.63) is 53.4 Å². The van der Waals surface area contributed by atoms with Crippen molar-refractivity contribution in [1.29, 1.82) is 0 Å². The van der Waals surface area contributed by atoms with Crippen molar-refractivity contribution in [2.24, 2.45) is 0 Å². The van der Waals surface area contributed by atoms with Crippen LogP contribution in [0.15, 0.2) is 34.9 Å². The van der Waals surface area contributed by atoms with Gasteiger partial charge in [-0.1, -0.05) is 0 Å². The molecule has 4 heterocycles. The second-order valence-electron chi connectivity index (χ2n) is 6.76. The highest BCUT2D eigenvalue weighted by Gasteiger charge is 2.25. The Hall–Kier alpha value is -3.16. The van der Waals surface area contributed by atoms with Crippen LogP contribution in [0.3, 0.4) is 0 Å². The SMILES string of the molecule is Cc1cc(N2CCN(C(=O)c3ccco3)CC2)nc(-n2nc(C)cc2C)n1. The molecule has 0 atom stereocenters. The van der Waals surface area contributed by atoms with Gasteiger partial charge < -0.3 is 14.2 Å². The van der Waals surface area contributed by atoms with Gasteiger partial charge in [0.25, 0.3) is 11.9 Å². The Bertz CT molecular complexity index is 955. The molecule has 0 saturated carbocycles. The number of anilines is 1. The standard InChI is InChI=1S/C19H22N6O2/c1-13-12-17(21-19(20-13)25-15(3)11-14(2)22-25)23-6-8-24(9-7-23)18(26)16-5-4-10-27-16/h4-5,10-12H,6-9H2,1-3H3. The maximum Gasteiger partial charge on any atom is 0.289 e. The third-order valence-corrected chi connectivity index (χ3v) is 4.65. The summed E-state index contributed by atoms with van der Waals surface area (Å²) in [6.07, 6.45) is 1.52. The van der Waals surface area contributed by atoms with Gasteiger partial charge >= 0.3 is 0 Å². The first-order valence-electron chi connectivity index (χ1n) is 8.98. The van der Waals surface area contributed by atoms with Crippen LogP contribution in [-0.2, 0) is 0 Å². The Morgan fingerprint density at radius 2 is 1.81 bits per heavy atom. The van der Waals surface area contributed by atoms with E-state index in [1.807, 2.05) is 37.8 Å². The summed E-state index contributed by atoms with van der Waals surface area (Å²) < 4.78 is 6.98. The first kappa shape index (κ1) is 17.3. The Labute approximate surface area is 157 Å². The molecule has 3 aromatic rings. The predicted molar refractivity (Wildman–Crippen MR) is 100 cm³/mol. The Kier molecular flexibility index (Phi) is 4.39. The molecule has 1 saturated heterocycles. The minimum absolute atomic E-state index is 0.0677. The Morgan fingerprint density at radius 1 is 1.04 bits per heavy atom. The number of carbonyl (C=O) groups is 1. The molecule has 140 valence electrons. The van der Waals surface area contributed by atoms with E-state index in [0.29, 0.717) is 37.9 Å². The summed E-state index contributed by atoms with van der Waals surface area (Å²) in [5.41, 5.74) is 2.82. The van der Waals surface area contributed by atoms with E-state index < -0.39 is 0 Å². The number of aryl methyl sites for hydroxylation is 3. The van der Waals surface area contributed by atoms with Crippen LogP contribution in [0, 0.1) is 20.8 Å². The van der Waals surface area contributed by atoms with E-state index >= 15 is 0 Å². The number of aromatic nitrogens is 4. The van der Waals surface area contributed by atoms with Crippen LogP contribution in [0.1, 0.15) is 27.6 Å². The number of piperazine rings is 1. The van der Waals surface area contributed by atoms with Crippen LogP contribution < -0.4 is 4.90 Å². The molecule has 4 rings (SSSR count). The van der Waals surface area contributed by atoms with Gasteiger partial charge in [-0.3, -0.25) is 4.79 Å². The van der Waals surface area contributed by atoms with E-state index in [0.717, 1.165) is 22.9 Å². The second-order valence-corrected chi connectivity index (χ2v) is 6.76. The second kappa shape index (κ2) is 6.86. The fourth-order valence-corrected chi connectivity index (χ4v) is 3.32. The van der Waals surface area contributed by atoms with Crippen LogP contribution in [0.5, 0.6) is 0 Å². The highest BCUT2D eigenvalue weighted by molar-refractivity contribution is 5.91. The number of rotatable bonds is 3. The van der Waals surface area contributed by atoms with Gasteiger partial charge in [-0.25, -0.2) is 9.67 Å². The lowest BCUT2D eigenvalue weighted by atomic mass is 10.2. The zero-order valence-electron chi connectivity index (χ0n) is 15.7. The number of hydrogen-bond donors (Lipinski definition) is 0. The third kappa shape index (κ3) is 3.42. The quantitative estimate of drug-likeness (QED) is 0.707. The third-order valence-electron chi connectivity index (χ3n) is 4.65. The summed E-state index contributed by atoms with van der Waals surface area (Å²) in [7, 11) is 0. The first-order valence-corrected chi connectivity index (χ1v) is 8.98. The summed E-state index contributed by atoms with van der Waals surface area (Å²) in [5.74, 6) is 1.75. The highest BCUT2D eigenvalue weighted by atomic mass is 16.3. The molecule has 8 heteroatoms. The molecule has 0 bridgehead atoms. The molecule has 3 aromatic heterocycles. The van der Waals surface area contributed by atoms with E-state index in [4.69, 9.17) is 9.40 Å². The molecule has 0 radical (unpaired) electrons. The number of hydrogen-bond acceptors (Lipinski definition) is 6. The topological polar surface area (TPSA) is 80.3 Å². The van der Waals surface area contributed by atoms with Crippen molar-refractivity contribution < 1.29 is 9.21 Å². The van der Waals surface area contributed by atoms with Gasteiger partial charge in [-0.15, -0.1) is 0 Å². The summed E-state index contributed by atoms with van der Waals surface area (Å²) in [5, 5.41) is 4.48. The summed E-state index contributed by atoms with van der Waals surface area (Å²) in [6, 6.07) is 7.40. The zero-order chi connectivity index (χ0) is 19.0. The summed E-state index contributed by atoms with van der Waals surface area (Å²) in [6.45, 7) is 8.56. The molecule has 27 heavy (non-hydrogen) atoms. The lowest BCUT2D eigenvalue weighted by Gasteiger charge is -2.35. The number of nitrogens with zero attached hydrogens (tertiary/aromatic N) is 6. The van der Waals surface area contributed by atoms with Crippen LogP contribution in [0.25, 0.3) is 5.95 Å². The van der Waals surface area contributed by atoms with Crippen molar-refractivity contribution in [1.82, 2.24) is 24.6 Å². The van der Waals surface area contributed by atoms with Crippen molar-refractivity contribution in [3.8, 4) is 5.95 Å². The van der Waals surface area contributed by atoms with Gasteiger partial charge in [0.15, 0.2) is 5.76 Å². The summed E-state index contributed by atoms with van der Waals surface area (Å²) >= 11 is 0. The monoisotopic (exact) mass is 366 g/mol. The molecular weight excluding hydrogens is 344 g/mol. The largest absolute Gasteiger partial charge is 0.459 e. The molecule has 0 aliphatic carbocycles. The molecule has 1 aliphatic heterocycles. The predicted octanol–water partition coefficient (Wildman–Crippen LogP) is 2.14. The lowest BCUT2D eigenvalue weighted by Crippen LogP contribution is -2.49. The average molecular weight is 366 g/mol. The first-order chi connectivity index (χ1) is 13.0.